The zero-order valence-electron chi connectivity index (χ0n) is 17.8. The summed E-state index contributed by atoms with van der Waals surface area (Å²) in [6, 6.07) is 9.65. The van der Waals surface area contributed by atoms with Crippen molar-refractivity contribution in [3.8, 4) is 17.2 Å². The molecule has 0 saturated carbocycles. The van der Waals surface area contributed by atoms with E-state index < -0.39 is 16.7 Å². The Morgan fingerprint density at radius 1 is 1.31 bits per heavy atom. The Balaban J connectivity index is 1.33. The summed E-state index contributed by atoms with van der Waals surface area (Å²) in [7, 11) is 0. The van der Waals surface area contributed by atoms with Gasteiger partial charge in [-0.2, -0.15) is 0 Å². The van der Waals surface area contributed by atoms with Crippen molar-refractivity contribution in [3.05, 3.63) is 52.1 Å². The molecule has 2 aliphatic heterocycles. The first-order valence-electron chi connectivity index (χ1n) is 10.2. The Kier molecular flexibility index (Phi) is 5.60. The summed E-state index contributed by atoms with van der Waals surface area (Å²) in [5.74, 6) is 0.779. The number of nitro groups is 1. The topological polar surface area (TPSA) is 120 Å². The van der Waals surface area contributed by atoms with E-state index in [0.717, 1.165) is 17.7 Å². The number of carbonyl (C=O) groups is 2. The van der Waals surface area contributed by atoms with Crippen LogP contribution in [0.1, 0.15) is 19.4 Å². The lowest BCUT2D eigenvalue weighted by atomic mass is 10.0. The predicted molar refractivity (Wildman–Crippen MR) is 114 cm³/mol. The number of non-ortho nitro benzene ring substituents is 1. The minimum absolute atomic E-state index is 0.193. The quantitative estimate of drug-likeness (QED) is 0.397. The van der Waals surface area contributed by atoms with Gasteiger partial charge in [0.1, 0.15) is 24.5 Å². The molecule has 0 fully saturated rings. The highest BCUT2D eigenvalue weighted by atomic mass is 16.6. The Labute approximate surface area is 184 Å². The molecular weight excluding hydrogens is 418 g/mol. The summed E-state index contributed by atoms with van der Waals surface area (Å²) in [5.41, 5.74) is 0.796. The number of nitro benzene ring substituents is 1. The van der Waals surface area contributed by atoms with Crippen LogP contribution in [0.15, 0.2) is 36.4 Å². The Morgan fingerprint density at radius 3 is 2.91 bits per heavy atom. The summed E-state index contributed by atoms with van der Waals surface area (Å²) in [5, 5.41) is 13.8. The standard InChI is InChI=1S/C22H23N3O7/c1-22(2)11-14-4-3-5-18(21(14)32-22)30-9-8-23-19(26)12-24-16-10-15(25(28)29)6-7-17(16)31-13-20(24)27/h3-7,10H,8-9,11-13H2,1-2H3,(H,23,26). The average Bonchev–Trinajstić information content (AvgIpc) is 3.07. The van der Waals surface area contributed by atoms with Crippen LogP contribution < -0.4 is 24.4 Å². The number of rotatable bonds is 7. The van der Waals surface area contributed by atoms with Crippen molar-refractivity contribution in [2.75, 3.05) is 31.2 Å². The second kappa shape index (κ2) is 8.37. The molecule has 0 aliphatic carbocycles. The molecule has 0 radical (unpaired) electrons. The number of fused-ring (bicyclic) bond motifs is 2. The summed E-state index contributed by atoms with van der Waals surface area (Å²) in [4.78, 5) is 36.3. The molecule has 10 nitrogen and oxygen atoms in total. The first kappa shape index (κ1) is 21.4. The van der Waals surface area contributed by atoms with Gasteiger partial charge in [0.25, 0.3) is 11.6 Å². The van der Waals surface area contributed by atoms with E-state index in [1.54, 1.807) is 0 Å². The highest BCUT2D eigenvalue weighted by Crippen LogP contribution is 2.41. The smallest absolute Gasteiger partial charge is 0.271 e. The number of hydrogen-bond donors (Lipinski definition) is 1. The van der Waals surface area contributed by atoms with Gasteiger partial charge in [0.2, 0.25) is 5.91 Å². The van der Waals surface area contributed by atoms with E-state index in [9.17, 15) is 19.7 Å². The van der Waals surface area contributed by atoms with E-state index in [-0.39, 0.29) is 43.3 Å². The Morgan fingerprint density at radius 2 is 2.12 bits per heavy atom. The molecule has 2 aromatic carbocycles. The molecule has 0 bridgehead atoms. The average molecular weight is 441 g/mol. The summed E-state index contributed by atoms with van der Waals surface area (Å²) in [6.45, 7) is 3.93. The molecule has 2 amide bonds. The van der Waals surface area contributed by atoms with Crippen molar-refractivity contribution in [1.29, 1.82) is 0 Å². The fourth-order valence-corrected chi connectivity index (χ4v) is 3.73. The van der Waals surface area contributed by atoms with E-state index in [2.05, 4.69) is 5.32 Å². The van der Waals surface area contributed by atoms with Crippen LogP contribution in [0.2, 0.25) is 0 Å². The molecule has 10 heteroatoms. The van der Waals surface area contributed by atoms with Gasteiger partial charge in [-0.25, -0.2) is 0 Å². The van der Waals surface area contributed by atoms with Crippen molar-refractivity contribution in [3.63, 3.8) is 0 Å². The second-order valence-electron chi connectivity index (χ2n) is 8.16. The summed E-state index contributed by atoms with van der Waals surface area (Å²) in [6.07, 6.45) is 0.795. The largest absolute Gasteiger partial charge is 0.488 e. The predicted octanol–water partition coefficient (Wildman–Crippen LogP) is 2.23. The van der Waals surface area contributed by atoms with E-state index in [4.69, 9.17) is 14.2 Å². The van der Waals surface area contributed by atoms with Crippen molar-refractivity contribution < 1.29 is 28.7 Å². The van der Waals surface area contributed by atoms with E-state index >= 15 is 0 Å². The van der Waals surface area contributed by atoms with E-state index in [1.807, 2.05) is 32.0 Å². The van der Waals surface area contributed by atoms with E-state index in [1.165, 1.54) is 23.1 Å². The van der Waals surface area contributed by atoms with Crippen molar-refractivity contribution >= 4 is 23.2 Å². The fraction of sp³-hybridized carbons (Fsp3) is 0.364. The molecule has 0 atom stereocenters. The fourth-order valence-electron chi connectivity index (χ4n) is 3.73. The number of nitrogens with zero attached hydrogens (tertiary/aromatic N) is 2. The van der Waals surface area contributed by atoms with Gasteiger partial charge in [-0.1, -0.05) is 12.1 Å². The number of benzene rings is 2. The molecule has 2 aliphatic rings. The highest BCUT2D eigenvalue weighted by molar-refractivity contribution is 6.02. The van der Waals surface area contributed by atoms with Crippen LogP contribution in [-0.2, 0) is 16.0 Å². The molecule has 0 unspecified atom stereocenters. The van der Waals surface area contributed by atoms with E-state index in [0.29, 0.717) is 11.5 Å². The third-order valence-corrected chi connectivity index (χ3v) is 5.13. The molecule has 2 aromatic rings. The molecular formula is C22H23N3O7. The van der Waals surface area contributed by atoms with Gasteiger partial charge in [-0.15, -0.1) is 0 Å². The lowest BCUT2D eigenvalue weighted by Gasteiger charge is -2.28. The third kappa shape index (κ3) is 4.43. The van der Waals surface area contributed by atoms with Crippen molar-refractivity contribution in [2.24, 2.45) is 0 Å². The van der Waals surface area contributed by atoms with Crippen LogP contribution >= 0.6 is 0 Å². The van der Waals surface area contributed by atoms with Crippen LogP contribution in [0.5, 0.6) is 17.2 Å². The lowest BCUT2D eigenvalue weighted by Crippen LogP contribution is -2.45. The molecule has 1 N–H and O–H groups in total. The number of para-hydroxylation sites is 1. The Bertz CT molecular complexity index is 1080. The maximum Gasteiger partial charge on any atom is 0.271 e. The normalized spacial score (nSPS) is 15.8. The molecule has 2 heterocycles. The molecule has 32 heavy (non-hydrogen) atoms. The van der Waals surface area contributed by atoms with Gasteiger partial charge in [0.15, 0.2) is 18.1 Å². The number of amides is 2. The molecule has 4 rings (SSSR count). The van der Waals surface area contributed by atoms with Crippen LogP contribution in [0.4, 0.5) is 11.4 Å². The number of anilines is 1. The van der Waals surface area contributed by atoms with Crippen LogP contribution in [0.25, 0.3) is 0 Å². The van der Waals surface area contributed by atoms with Gasteiger partial charge < -0.3 is 19.5 Å². The number of nitrogens with one attached hydrogen (secondary N) is 1. The van der Waals surface area contributed by atoms with Crippen molar-refractivity contribution in [1.82, 2.24) is 5.32 Å². The molecule has 0 spiro atoms. The summed E-state index contributed by atoms with van der Waals surface area (Å²) < 4.78 is 17.0. The Hall–Kier alpha value is -3.82. The maximum absolute atomic E-state index is 12.4. The minimum Gasteiger partial charge on any atom is -0.488 e. The van der Waals surface area contributed by atoms with Gasteiger partial charge in [0, 0.05) is 24.1 Å². The first-order chi connectivity index (χ1) is 15.2. The number of ether oxygens (including phenoxy) is 3. The second-order valence-corrected chi connectivity index (χ2v) is 8.16. The third-order valence-electron chi connectivity index (χ3n) is 5.13. The maximum atomic E-state index is 12.4. The van der Waals surface area contributed by atoms with Crippen LogP contribution in [-0.4, -0.2) is 48.6 Å². The van der Waals surface area contributed by atoms with Gasteiger partial charge in [0.05, 0.1) is 17.2 Å². The van der Waals surface area contributed by atoms with Crippen LogP contribution in [0, 0.1) is 10.1 Å². The zero-order valence-corrected chi connectivity index (χ0v) is 17.8. The highest BCUT2D eigenvalue weighted by Gasteiger charge is 2.32. The number of hydrogen-bond acceptors (Lipinski definition) is 7. The molecule has 168 valence electrons. The SMILES string of the molecule is CC1(C)Cc2cccc(OCCNC(=O)CN3C(=O)COc4ccc([N+](=O)[O-])cc43)c2O1. The number of carbonyl (C=O) groups excluding carboxylic acids is 2. The first-order valence-corrected chi connectivity index (χ1v) is 10.2. The monoisotopic (exact) mass is 441 g/mol. The minimum atomic E-state index is -0.569. The molecule has 0 saturated heterocycles. The van der Waals surface area contributed by atoms with Crippen molar-refractivity contribution in [2.45, 2.75) is 25.9 Å². The summed E-state index contributed by atoms with van der Waals surface area (Å²) >= 11 is 0. The lowest BCUT2D eigenvalue weighted by molar-refractivity contribution is -0.384. The molecule has 0 aromatic heterocycles. The van der Waals surface area contributed by atoms with Gasteiger partial charge in [-0.3, -0.25) is 24.6 Å². The van der Waals surface area contributed by atoms with Crippen LogP contribution in [0.3, 0.4) is 0 Å². The zero-order chi connectivity index (χ0) is 22.9. The van der Waals surface area contributed by atoms with Gasteiger partial charge in [-0.05, 0) is 26.0 Å². The van der Waals surface area contributed by atoms with Gasteiger partial charge >= 0.3 is 0 Å².